The molecule has 0 bridgehead atoms. The van der Waals surface area contributed by atoms with Gasteiger partial charge in [-0.05, 0) is 48.5 Å². The Hall–Kier alpha value is -3.50. The van der Waals surface area contributed by atoms with Crippen LogP contribution in [0.3, 0.4) is 0 Å². The van der Waals surface area contributed by atoms with Gasteiger partial charge in [-0.1, -0.05) is 0 Å². The first-order valence-corrected chi connectivity index (χ1v) is 9.94. The Balaban J connectivity index is 1.42. The zero-order valence-corrected chi connectivity index (χ0v) is 16.9. The molecule has 3 aromatic rings. The van der Waals surface area contributed by atoms with Gasteiger partial charge in [0.15, 0.2) is 0 Å². The van der Waals surface area contributed by atoms with Crippen molar-refractivity contribution in [2.75, 3.05) is 36.0 Å². The van der Waals surface area contributed by atoms with E-state index in [1.54, 1.807) is 24.3 Å². The van der Waals surface area contributed by atoms with Gasteiger partial charge in [0.25, 0.3) is 0 Å². The van der Waals surface area contributed by atoms with Crippen molar-refractivity contribution < 1.29 is 22.7 Å². The van der Waals surface area contributed by atoms with Crippen molar-refractivity contribution in [3.8, 4) is 11.4 Å². The molecule has 0 spiro atoms. The molecule has 1 saturated heterocycles. The number of halogens is 4. The molecule has 170 valence electrons. The Morgan fingerprint density at radius 1 is 0.875 bits per heavy atom. The number of piperazine rings is 1. The summed E-state index contributed by atoms with van der Waals surface area (Å²) in [5.41, 5.74) is 1.45. The Morgan fingerprint density at radius 3 is 1.84 bits per heavy atom. The van der Waals surface area contributed by atoms with Crippen molar-refractivity contribution in [3.63, 3.8) is 0 Å². The normalized spacial score (nSPS) is 14.9. The van der Waals surface area contributed by atoms with Gasteiger partial charge in [-0.3, -0.25) is 0 Å². The van der Waals surface area contributed by atoms with Crippen LogP contribution in [-0.4, -0.2) is 58.0 Å². The molecule has 0 atom stereocenters. The molecular formula is C21H21F4N5O2. The molecular weight excluding hydrogens is 430 g/mol. The monoisotopic (exact) mass is 451 g/mol. The van der Waals surface area contributed by atoms with Gasteiger partial charge < -0.3 is 14.9 Å². The van der Waals surface area contributed by atoms with Crippen LogP contribution in [0.15, 0.2) is 59.7 Å². The Bertz CT molecular complexity index is 1100. The fraction of sp³-hybridized carbons (Fsp3) is 0.333. The fourth-order valence-corrected chi connectivity index (χ4v) is 3.60. The van der Waals surface area contributed by atoms with Crippen LogP contribution >= 0.6 is 0 Å². The van der Waals surface area contributed by atoms with E-state index in [2.05, 4.69) is 14.9 Å². The second kappa shape index (κ2) is 8.56. The third-order valence-corrected chi connectivity index (χ3v) is 5.40. The van der Waals surface area contributed by atoms with Crippen molar-refractivity contribution >= 4 is 11.4 Å². The van der Waals surface area contributed by atoms with Crippen LogP contribution < -0.4 is 15.5 Å². The minimum absolute atomic E-state index is 0.222. The molecule has 0 unspecified atom stereocenters. The quantitative estimate of drug-likeness (QED) is 0.584. The van der Waals surface area contributed by atoms with Gasteiger partial charge in [-0.25, -0.2) is 22.8 Å². The minimum atomic E-state index is -4.34. The second-order valence-electron chi connectivity index (χ2n) is 7.51. The van der Waals surface area contributed by atoms with Gasteiger partial charge in [0, 0.05) is 37.6 Å². The maximum atomic E-state index is 13.3. The molecule has 1 aromatic heterocycles. The number of anilines is 2. The van der Waals surface area contributed by atoms with E-state index < -0.39 is 24.6 Å². The number of benzene rings is 2. The predicted octanol–water partition coefficient (Wildman–Crippen LogP) is 2.97. The lowest BCUT2D eigenvalue weighted by molar-refractivity contribution is -0.139. The van der Waals surface area contributed by atoms with E-state index in [0.29, 0.717) is 10.4 Å². The summed E-state index contributed by atoms with van der Waals surface area (Å²) in [5.74, 6) is -4.12. The van der Waals surface area contributed by atoms with Crippen molar-refractivity contribution in [1.82, 2.24) is 14.3 Å². The maximum Gasteiger partial charge on any atom is 0.350 e. The number of alkyl halides is 4. The molecule has 0 saturated carbocycles. The number of phenolic OH excluding ortho intramolecular Hbond substituents is 1. The summed E-state index contributed by atoms with van der Waals surface area (Å²) in [6.45, 7) is 1.62. The highest BCUT2D eigenvalue weighted by Crippen LogP contribution is 2.25. The number of hydrogen-bond donors (Lipinski definition) is 1. The topological polar surface area (TPSA) is 66.5 Å². The second-order valence-corrected chi connectivity index (χ2v) is 7.51. The Labute approximate surface area is 180 Å². The third-order valence-electron chi connectivity index (χ3n) is 5.40. The first kappa shape index (κ1) is 21.7. The number of aromatic nitrogens is 3. The number of nitrogens with zero attached hydrogens (tertiary/aromatic N) is 5. The summed E-state index contributed by atoms with van der Waals surface area (Å²) < 4.78 is 52.7. The van der Waals surface area contributed by atoms with Crippen molar-refractivity contribution in [1.29, 1.82) is 0 Å². The number of rotatable bonds is 6. The van der Waals surface area contributed by atoms with Crippen LogP contribution in [0, 0.1) is 0 Å². The lowest BCUT2D eigenvalue weighted by Crippen LogP contribution is -2.46. The molecule has 32 heavy (non-hydrogen) atoms. The largest absolute Gasteiger partial charge is 0.508 e. The van der Waals surface area contributed by atoms with Crippen LogP contribution in [0.25, 0.3) is 5.69 Å². The summed E-state index contributed by atoms with van der Waals surface area (Å²) in [6.07, 6.45) is -2.84. The molecule has 11 heteroatoms. The summed E-state index contributed by atoms with van der Waals surface area (Å²) in [4.78, 5) is 16.7. The van der Waals surface area contributed by atoms with Gasteiger partial charge in [0.1, 0.15) is 18.6 Å². The highest BCUT2D eigenvalue weighted by atomic mass is 19.3. The average Bonchev–Trinajstić information content (AvgIpc) is 3.14. The van der Waals surface area contributed by atoms with Gasteiger partial charge in [0.05, 0.1) is 5.69 Å². The highest BCUT2D eigenvalue weighted by molar-refractivity contribution is 5.54. The van der Waals surface area contributed by atoms with Crippen LogP contribution in [0.4, 0.5) is 28.9 Å². The zero-order chi connectivity index (χ0) is 22.9. The average molecular weight is 451 g/mol. The molecule has 0 radical (unpaired) electrons. The maximum absolute atomic E-state index is 13.3. The molecule has 4 rings (SSSR count). The van der Waals surface area contributed by atoms with Crippen LogP contribution in [0.1, 0.15) is 0 Å². The molecule has 1 aliphatic rings. The Morgan fingerprint density at radius 2 is 1.34 bits per heavy atom. The van der Waals surface area contributed by atoms with Crippen molar-refractivity contribution in [2.24, 2.45) is 0 Å². The van der Waals surface area contributed by atoms with E-state index in [4.69, 9.17) is 0 Å². The standard InChI is InChI=1S/C21H21F4N5O2/c22-19(23)21(24,25)13-30-20(32)29(14-26-30)17-3-1-15(2-4-17)27-9-11-28(12-10-27)16-5-7-18(31)8-6-16/h1-8,14,19,31H,9-13H2. The van der Waals surface area contributed by atoms with E-state index in [1.807, 2.05) is 24.3 Å². The number of aromatic hydroxyl groups is 1. The van der Waals surface area contributed by atoms with Crippen molar-refractivity contribution in [2.45, 2.75) is 18.9 Å². The van der Waals surface area contributed by atoms with Crippen LogP contribution in [0.5, 0.6) is 5.75 Å². The lowest BCUT2D eigenvalue weighted by atomic mass is 10.2. The minimum Gasteiger partial charge on any atom is -0.508 e. The van der Waals surface area contributed by atoms with E-state index in [1.165, 1.54) is 0 Å². The zero-order valence-electron chi connectivity index (χ0n) is 16.9. The van der Waals surface area contributed by atoms with Gasteiger partial charge in [-0.2, -0.15) is 13.9 Å². The van der Waals surface area contributed by atoms with Gasteiger partial charge in [-0.15, -0.1) is 0 Å². The summed E-state index contributed by atoms with van der Waals surface area (Å²) in [7, 11) is 0. The highest BCUT2D eigenvalue weighted by Gasteiger charge is 2.42. The smallest absolute Gasteiger partial charge is 0.350 e. The predicted molar refractivity (Wildman–Crippen MR) is 111 cm³/mol. The van der Waals surface area contributed by atoms with E-state index >= 15 is 0 Å². The lowest BCUT2D eigenvalue weighted by Gasteiger charge is -2.37. The number of phenols is 1. The molecule has 2 heterocycles. The SMILES string of the molecule is O=c1n(-c2ccc(N3CCN(c4ccc(O)cc4)CC3)cc2)cnn1CC(F)(F)C(F)F. The molecule has 1 aliphatic heterocycles. The third kappa shape index (κ3) is 4.41. The summed E-state index contributed by atoms with van der Waals surface area (Å²) in [5, 5.41) is 13.0. The van der Waals surface area contributed by atoms with E-state index in [9.17, 15) is 27.5 Å². The van der Waals surface area contributed by atoms with E-state index in [0.717, 1.165) is 48.4 Å². The van der Waals surface area contributed by atoms with E-state index in [-0.39, 0.29) is 5.75 Å². The molecule has 1 fully saturated rings. The number of hydrogen-bond acceptors (Lipinski definition) is 5. The van der Waals surface area contributed by atoms with Crippen LogP contribution in [-0.2, 0) is 6.54 Å². The fourth-order valence-electron chi connectivity index (χ4n) is 3.60. The van der Waals surface area contributed by atoms with Crippen LogP contribution in [0.2, 0.25) is 0 Å². The van der Waals surface area contributed by atoms with Gasteiger partial charge >= 0.3 is 18.0 Å². The van der Waals surface area contributed by atoms with Gasteiger partial charge in [0.2, 0.25) is 0 Å². The molecule has 7 nitrogen and oxygen atoms in total. The summed E-state index contributed by atoms with van der Waals surface area (Å²) in [6, 6.07) is 14.0. The first-order chi connectivity index (χ1) is 15.2. The molecule has 2 aromatic carbocycles. The first-order valence-electron chi connectivity index (χ1n) is 9.94. The van der Waals surface area contributed by atoms with Crippen molar-refractivity contribution in [3.05, 3.63) is 65.3 Å². The summed E-state index contributed by atoms with van der Waals surface area (Å²) >= 11 is 0. The molecule has 0 amide bonds. The Kier molecular flexibility index (Phi) is 5.81. The molecule has 1 N–H and O–H groups in total. The molecule has 0 aliphatic carbocycles.